The Morgan fingerprint density at radius 3 is 2.24 bits per heavy atom. The normalized spacial score (nSPS) is 9.86. The minimum Gasteiger partial charge on any atom is -0.497 e. The molecule has 1 N–H and O–H groups in total. The Labute approximate surface area is 133 Å². The molecule has 0 aromatic heterocycles. The summed E-state index contributed by atoms with van der Waals surface area (Å²) < 4.78 is 5.22. The quantitative estimate of drug-likeness (QED) is 0.884. The molecule has 114 valence electrons. The fourth-order valence-corrected chi connectivity index (χ4v) is 2.05. The number of hydrogen-bond acceptors (Lipinski definition) is 3. The van der Waals surface area contributed by atoms with Gasteiger partial charge in [-0.1, -0.05) is 24.3 Å². The van der Waals surface area contributed by atoms with Crippen LogP contribution in [0.5, 0.6) is 5.75 Å². The fraction of sp³-hybridized carbons (Fsp3) is 0.294. The highest BCUT2D eigenvalue weighted by Crippen LogP contribution is 2.14. The fourth-order valence-electron chi connectivity index (χ4n) is 2.05. The summed E-state index contributed by atoms with van der Waals surface area (Å²) in [7, 11) is 5.80. The summed E-state index contributed by atoms with van der Waals surface area (Å²) in [5.41, 5.74) is 3.74. The highest BCUT2D eigenvalue weighted by Gasteiger charge is 1.98. The molecule has 0 atom stereocenters. The zero-order valence-corrected chi connectivity index (χ0v) is 13.6. The molecule has 0 bridgehead atoms. The molecule has 2 rings (SSSR count). The molecule has 0 fully saturated rings. The molecule has 3 nitrogen and oxygen atoms in total. The van der Waals surface area contributed by atoms with E-state index in [9.17, 15) is 0 Å². The van der Waals surface area contributed by atoms with Crippen molar-refractivity contribution < 1.29 is 4.74 Å². The number of nitrogens with zero attached hydrogens (tertiary/aromatic N) is 1. The van der Waals surface area contributed by atoms with E-state index in [4.69, 9.17) is 4.74 Å². The lowest BCUT2D eigenvalue weighted by Gasteiger charge is -2.13. The van der Waals surface area contributed by atoms with Gasteiger partial charge in [-0.2, -0.15) is 0 Å². The molecule has 2 aromatic rings. The first kappa shape index (κ1) is 17.3. The molecule has 0 unspecified atom stereocenters. The number of benzene rings is 2. The van der Waals surface area contributed by atoms with Gasteiger partial charge >= 0.3 is 0 Å². The van der Waals surface area contributed by atoms with Crippen LogP contribution >= 0.6 is 12.4 Å². The van der Waals surface area contributed by atoms with Crippen molar-refractivity contribution in [3.63, 3.8) is 0 Å². The number of rotatable bonds is 6. The van der Waals surface area contributed by atoms with E-state index >= 15 is 0 Å². The van der Waals surface area contributed by atoms with Crippen LogP contribution in [0.2, 0.25) is 0 Å². The molecule has 0 amide bonds. The minimum absolute atomic E-state index is 0. The maximum absolute atomic E-state index is 5.22. The first-order valence-electron chi connectivity index (χ1n) is 6.79. The molecule has 0 spiro atoms. The second-order valence-electron chi connectivity index (χ2n) is 5.02. The lowest BCUT2D eigenvalue weighted by Crippen LogP contribution is -2.13. The highest BCUT2D eigenvalue weighted by molar-refractivity contribution is 5.85. The second kappa shape index (κ2) is 8.55. The van der Waals surface area contributed by atoms with Crippen LogP contribution in [-0.4, -0.2) is 21.2 Å². The van der Waals surface area contributed by atoms with Gasteiger partial charge in [-0.15, -0.1) is 12.4 Å². The summed E-state index contributed by atoms with van der Waals surface area (Å²) in [5, 5.41) is 3.45. The number of anilines is 1. The van der Waals surface area contributed by atoms with Gasteiger partial charge in [0.2, 0.25) is 0 Å². The monoisotopic (exact) mass is 306 g/mol. The Morgan fingerprint density at radius 1 is 0.952 bits per heavy atom. The lowest BCUT2D eigenvalue weighted by molar-refractivity contribution is 0.414. The van der Waals surface area contributed by atoms with Crippen LogP contribution in [0.3, 0.4) is 0 Å². The molecule has 0 heterocycles. The Kier molecular flexibility index (Phi) is 7.06. The van der Waals surface area contributed by atoms with E-state index in [1.54, 1.807) is 7.11 Å². The average molecular weight is 307 g/mol. The molecular formula is C17H23ClN2O. The summed E-state index contributed by atoms with van der Waals surface area (Å²) in [6.45, 7) is 1.71. The number of halogens is 1. The molecular weight excluding hydrogens is 284 g/mol. The average Bonchev–Trinajstić information content (AvgIpc) is 2.48. The Balaban J connectivity index is 0.00000220. The van der Waals surface area contributed by atoms with Crippen molar-refractivity contribution in [3.8, 4) is 5.75 Å². The van der Waals surface area contributed by atoms with E-state index in [0.29, 0.717) is 0 Å². The Bertz CT molecular complexity index is 541. The van der Waals surface area contributed by atoms with E-state index in [1.807, 2.05) is 12.1 Å². The summed E-state index contributed by atoms with van der Waals surface area (Å²) in [6, 6.07) is 16.7. The third kappa shape index (κ3) is 5.29. The summed E-state index contributed by atoms with van der Waals surface area (Å²) >= 11 is 0. The van der Waals surface area contributed by atoms with Crippen molar-refractivity contribution in [1.82, 2.24) is 5.32 Å². The van der Waals surface area contributed by atoms with E-state index in [2.05, 4.69) is 60.7 Å². The maximum atomic E-state index is 5.22. The van der Waals surface area contributed by atoms with E-state index < -0.39 is 0 Å². The Morgan fingerprint density at radius 2 is 1.62 bits per heavy atom. The minimum atomic E-state index is 0. The number of nitrogens with one attached hydrogen (secondary N) is 1. The van der Waals surface area contributed by atoms with E-state index in [-0.39, 0.29) is 12.4 Å². The third-order valence-corrected chi connectivity index (χ3v) is 3.25. The summed E-state index contributed by atoms with van der Waals surface area (Å²) in [4.78, 5) is 2.10. The van der Waals surface area contributed by atoms with Gasteiger partial charge in [0.1, 0.15) is 5.75 Å². The van der Waals surface area contributed by atoms with Crippen molar-refractivity contribution >= 4 is 18.1 Å². The van der Waals surface area contributed by atoms with Gasteiger partial charge in [0.25, 0.3) is 0 Å². The van der Waals surface area contributed by atoms with Crippen LogP contribution in [0.15, 0.2) is 48.5 Å². The van der Waals surface area contributed by atoms with Crippen LogP contribution in [0.1, 0.15) is 11.1 Å². The van der Waals surface area contributed by atoms with Gasteiger partial charge in [-0.05, 0) is 35.4 Å². The van der Waals surface area contributed by atoms with Crippen molar-refractivity contribution in [1.29, 1.82) is 0 Å². The van der Waals surface area contributed by atoms with Crippen molar-refractivity contribution in [3.05, 3.63) is 59.7 Å². The molecule has 2 aromatic carbocycles. The van der Waals surface area contributed by atoms with Gasteiger partial charge in [-0.3, -0.25) is 0 Å². The molecule has 21 heavy (non-hydrogen) atoms. The first-order chi connectivity index (χ1) is 9.69. The van der Waals surface area contributed by atoms with Crippen LogP contribution in [0, 0.1) is 0 Å². The van der Waals surface area contributed by atoms with Crippen molar-refractivity contribution in [2.45, 2.75) is 13.1 Å². The molecule has 0 saturated heterocycles. The standard InChI is InChI=1S/C17H22N2O.ClH/c1-19(2)16-9-7-14(8-10-16)12-18-13-15-5-4-6-17(11-15)20-3;/h4-11,18H,12-13H2,1-3H3;1H. The summed E-state index contributed by atoms with van der Waals surface area (Å²) in [5.74, 6) is 0.902. The number of hydrogen-bond donors (Lipinski definition) is 1. The topological polar surface area (TPSA) is 24.5 Å². The third-order valence-electron chi connectivity index (χ3n) is 3.25. The predicted octanol–water partition coefficient (Wildman–Crippen LogP) is 3.47. The van der Waals surface area contributed by atoms with Crippen molar-refractivity contribution in [2.24, 2.45) is 0 Å². The SMILES string of the molecule is COc1cccc(CNCc2ccc(N(C)C)cc2)c1.Cl. The predicted molar refractivity (Wildman–Crippen MR) is 91.6 cm³/mol. The van der Waals surface area contributed by atoms with Crippen LogP contribution in [0.25, 0.3) is 0 Å². The van der Waals surface area contributed by atoms with Crippen LogP contribution in [0.4, 0.5) is 5.69 Å². The van der Waals surface area contributed by atoms with Gasteiger partial charge in [0.15, 0.2) is 0 Å². The smallest absolute Gasteiger partial charge is 0.119 e. The summed E-state index contributed by atoms with van der Waals surface area (Å²) in [6.07, 6.45) is 0. The largest absolute Gasteiger partial charge is 0.497 e. The lowest BCUT2D eigenvalue weighted by atomic mass is 10.2. The second-order valence-corrected chi connectivity index (χ2v) is 5.02. The highest BCUT2D eigenvalue weighted by atomic mass is 35.5. The van der Waals surface area contributed by atoms with Crippen LogP contribution in [-0.2, 0) is 13.1 Å². The Hall–Kier alpha value is -1.71. The molecule has 4 heteroatoms. The molecule has 0 aliphatic rings. The van der Waals surface area contributed by atoms with Crippen LogP contribution < -0.4 is 15.0 Å². The first-order valence-corrected chi connectivity index (χ1v) is 6.79. The van der Waals surface area contributed by atoms with Gasteiger partial charge in [-0.25, -0.2) is 0 Å². The van der Waals surface area contributed by atoms with Gasteiger partial charge in [0, 0.05) is 32.9 Å². The maximum Gasteiger partial charge on any atom is 0.119 e. The van der Waals surface area contributed by atoms with Gasteiger partial charge in [0.05, 0.1) is 7.11 Å². The number of ether oxygens (including phenoxy) is 1. The van der Waals surface area contributed by atoms with E-state index in [0.717, 1.165) is 18.8 Å². The molecule has 0 saturated carbocycles. The number of methoxy groups -OCH3 is 1. The molecule has 0 aliphatic heterocycles. The van der Waals surface area contributed by atoms with E-state index in [1.165, 1.54) is 16.8 Å². The zero-order valence-electron chi connectivity index (χ0n) is 12.8. The zero-order chi connectivity index (χ0) is 14.4. The van der Waals surface area contributed by atoms with Gasteiger partial charge < -0.3 is 15.0 Å². The molecule has 0 aliphatic carbocycles. The van der Waals surface area contributed by atoms with Crippen molar-refractivity contribution in [2.75, 3.05) is 26.1 Å². The molecule has 0 radical (unpaired) electrons.